The SMILES string of the molecule is COCCN(CCCl)C(=O)C1COc2ccccc2C1. The van der Waals surface area contributed by atoms with Gasteiger partial charge in [-0.2, -0.15) is 0 Å². The molecule has 0 fully saturated rings. The van der Waals surface area contributed by atoms with Crippen LogP contribution < -0.4 is 4.74 Å². The van der Waals surface area contributed by atoms with E-state index in [0.717, 1.165) is 17.7 Å². The molecule has 110 valence electrons. The molecular formula is C15H20ClNO3. The van der Waals surface area contributed by atoms with Crippen molar-refractivity contribution in [3.05, 3.63) is 29.8 Å². The van der Waals surface area contributed by atoms with E-state index in [1.165, 1.54) is 0 Å². The van der Waals surface area contributed by atoms with Gasteiger partial charge < -0.3 is 14.4 Å². The Bertz CT molecular complexity index is 452. The van der Waals surface area contributed by atoms with Crippen LogP contribution in [0.4, 0.5) is 0 Å². The molecule has 0 aromatic heterocycles. The molecule has 1 aromatic carbocycles. The van der Waals surface area contributed by atoms with Gasteiger partial charge in [0.15, 0.2) is 0 Å². The lowest BCUT2D eigenvalue weighted by Gasteiger charge is -2.30. The molecule has 1 aromatic rings. The first-order valence-electron chi connectivity index (χ1n) is 6.80. The molecule has 0 saturated heterocycles. The summed E-state index contributed by atoms with van der Waals surface area (Å²) in [5.74, 6) is 1.28. The molecule has 1 heterocycles. The number of carbonyl (C=O) groups excluding carboxylic acids is 1. The van der Waals surface area contributed by atoms with Crippen molar-refractivity contribution in [1.29, 1.82) is 0 Å². The minimum atomic E-state index is -0.134. The second kappa shape index (κ2) is 7.50. The maximum absolute atomic E-state index is 12.5. The average molecular weight is 298 g/mol. The van der Waals surface area contributed by atoms with Gasteiger partial charge in [0.2, 0.25) is 5.91 Å². The first kappa shape index (κ1) is 15.1. The third-order valence-electron chi connectivity index (χ3n) is 3.46. The second-order valence-electron chi connectivity index (χ2n) is 4.83. The van der Waals surface area contributed by atoms with E-state index < -0.39 is 0 Å². The van der Waals surface area contributed by atoms with E-state index in [-0.39, 0.29) is 11.8 Å². The number of nitrogens with zero attached hydrogens (tertiary/aromatic N) is 1. The fourth-order valence-corrected chi connectivity index (χ4v) is 2.58. The van der Waals surface area contributed by atoms with Crippen molar-refractivity contribution in [1.82, 2.24) is 4.90 Å². The summed E-state index contributed by atoms with van der Waals surface area (Å²) in [6.07, 6.45) is 0.723. The number of benzene rings is 1. The molecule has 2 rings (SSSR count). The summed E-state index contributed by atoms with van der Waals surface area (Å²) in [5.41, 5.74) is 1.09. The van der Waals surface area contributed by atoms with Gasteiger partial charge in [0.25, 0.3) is 0 Å². The predicted molar refractivity (Wildman–Crippen MR) is 78.3 cm³/mol. The molecule has 20 heavy (non-hydrogen) atoms. The summed E-state index contributed by atoms with van der Waals surface area (Å²) in [7, 11) is 1.63. The Kier molecular flexibility index (Phi) is 5.68. The molecule has 0 N–H and O–H groups in total. The minimum Gasteiger partial charge on any atom is -0.492 e. The maximum Gasteiger partial charge on any atom is 0.229 e. The topological polar surface area (TPSA) is 38.8 Å². The third kappa shape index (κ3) is 3.64. The van der Waals surface area contributed by atoms with Gasteiger partial charge in [-0.1, -0.05) is 18.2 Å². The van der Waals surface area contributed by atoms with Crippen LogP contribution in [0.1, 0.15) is 5.56 Å². The number of amides is 1. The summed E-state index contributed by atoms with van der Waals surface area (Å²) >= 11 is 5.77. The highest BCUT2D eigenvalue weighted by molar-refractivity contribution is 6.18. The lowest BCUT2D eigenvalue weighted by molar-refractivity contribution is -0.137. The van der Waals surface area contributed by atoms with Crippen molar-refractivity contribution >= 4 is 17.5 Å². The Labute approximate surface area is 124 Å². The standard InChI is InChI=1S/C15H20ClNO3/c1-19-9-8-17(7-6-16)15(18)13-10-12-4-2-3-5-14(12)20-11-13/h2-5,13H,6-11H2,1H3. The molecule has 1 aliphatic heterocycles. The van der Waals surface area contributed by atoms with Gasteiger partial charge in [-0.15, -0.1) is 11.6 Å². The summed E-state index contributed by atoms with van der Waals surface area (Å²) in [6, 6.07) is 7.86. The second-order valence-corrected chi connectivity index (χ2v) is 5.20. The number of hydrogen-bond acceptors (Lipinski definition) is 3. The van der Waals surface area contributed by atoms with Crippen LogP contribution in [0.25, 0.3) is 0 Å². The Morgan fingerprint density at radius 2 is 2.25 bits per heavy atom. The number of fused-ring (bicyclic) bond motifs is 1. The molecule has 0 aliphatic carbocycles. The van der Waals surface area contributed by atoms with E-state index in [2.05, 4.69) is 0 Å². The Hall–Kier alpha value is -1.26. The molecular weight excluding hydrogens is 278 g/mol. The van der Waals surface area contributed by atoms with E-state index in [9.17, 15) is 4.79 Å². The Morgan fingerprint density at radius 1 is 1.45 bits per heavy atom. The Morgan fingerprint density at radius 3 is 3.00 bits per heavy atom. The van der Waals surface area contributed by atoms with Gasteiger partial charge in [-0.25, -0.2) is 0 Å². The van der Waals surface area contributed by atoms with Crippen molar-refractivity contribution in [3.63, 3.8) is 0 Å². The van der Waals surface area contributed by atoms with Crippen LogP contribution in [0.2, 0.25) is 0 Å². The highest BCUT2D eigenvalue weighted by Gasteiger charge is 2.29. The molecule has 0 bridgehead atoms. The molecule has 4 nitrogen and oxygen atoms in total. The van der Waals surface area contributed by atoms with Gasteiger partial charge in [0, 0.05) is 26.1 Å². The molecule has 1 aliphatic rings. The lowest BCUT2D eigenvalue weighted by atomic mass is 9.95. The van der Waals surface area contributed by atoms with Gasteiger partial charge in [0.05, 0.1) is 12.5 Å². The van der Waals surface area contributed by atoms with E-state index >= 15 is 0 Å². The van der Waals surface area contributed by atoms with Crippen molar-refractivity contribution < 1.29 is 14.3 Å². The largest absolute Gasteiger partial charge is 0.492 e. The number of alkyl halides is 1. The van der Waals surface area contributed by atoms with Crippen LogP contribution in [0.5, 0.6) is 5.75 Å². The maximum atomic E-state index is 12.5. The first-order valence-corrected chi connectivity index (χ1v) is 7.34. The minimum absolute atomic E-state index is 0.0946. The molecule has 1 atom stereocenters. The summed E-state index contributed by atoms with van der Waals surface area (Å²) in [4.78, 5) is 14.3. The van der Waals surface area contributed by atoms with Crippen molar-refractivity contribution in [2.45, 2.75) is 6.42 Å². The van der Waals surface area contributed by atoms with E-state index in [0.29, 0.717) is 32.2 Å². The quantitative estimate of drug-likeness (QED) is 0.754. The van der Waals surface area contributed by atoms with Crippen molar-refractivity contribution in [2.24, 2.45) is 5.92 Å². The summed E-state index contributed by atoms with van der Waals surface area (Å²) in [5, 5.41) is 0. The monoisotopic (exact) mass is 297 g/mol. The van der Waals surface area contributed by atoms with E-state index in [1.807, 2.05) is 24.3 Å². The number of para-hydroxylation sites is 1. The molecule has 5 heteroatoms. The fraction of sp³-hybridized carbons (Fsp3) is 0.533. The highest BCUT2D eigenvalue weighted by Crippen LogP contribution is 2.27. The number of rotatable bonds is 6. The first-order chi connectivity index (χ1) is 9.76. The fourth-order valence-electron chi connectivity index (χ4n) is 2.38. The predicted octanol–water partition coefficient (Wildman–Crippen LogP) is 1.95. The smallest absolute Gasteiger partial charge is 0.229 e. The normalized spacial score (nSPS) is 17.2. The van der Waals surface area contributed by atoms with Gasteiger partial charge in [0.1, 0.15) is 12.4 Å². The molecule has 0 saturated carbocycles. The third-order valence-corrected chi connectivity index (χ3v) is 3.63. The van der Waals surface area contributed by atoms with Crippen LogP contribution >= 0.6 is 11.6 Å². The molecule has 1 unspecified atom stereocenters. The van der Waals surface area contributed by atoms with Crippen molar-refractivity contribution in [3.8, 4) is 5.75 Å². The van der Waals surface area contributed by atoms with Crippen LogP contribution in [-0.4, -0.2) is 50.1 Å². The van der Waals surface area contributed by atoms with Gasteiger partial charge in [-0.3, -0.25) is 4.79 Å². The zero-order valence-electron chi connectivity index (χ0n) is 11.7. The zero-order chi connectivity index (χ0) is 14.4. The van der Waals surface area contributed by atoms with E-state index in [1.54, 1.807) is 12.0 Å². The van der Waals surface area contributed by atoms with Crippen LogP contribution in [0.15, 0.2) is 24.3 Å². The zero-order valence-corrected chi connectivity index (χ0v) is 12.4. The average Bonchev–Trinajstić information content (AvgIpc) is 2.50. The molecule has 0 spiro atoms. The van der Waals surface area contributed by atoms with E-state index in [4.69, 9.17) is 21.1 Å². The Balaban J connectivity index is 2.01. The highest BCUT2D eigenvalue weighted by atomic mass is 35.5. The summed E-state index contributed by atoms with van der Waals surface area (Å²) in [6.45, 7) is 2.07. The van der Waals surface area contributed by atoms with Gasteiger partial charge in [-0.05, 0) is 18.1 Å². The summed E-state index contributed by atoms with van der Waals surface area (Å²) < 4.78 is 10.7. The van der Waals surface area contributed by atoms with Crippen LogP contribution in [-0.2, 0) is 16.0 Å². The van der Waals surface area contributed by atoms with Crippen molar-refractivity contribution in [2.75, 3.05) is 39.3 Å². The van der Waals surface area contributed by atoms with Gasteiger partial charge >= 0.3 is 0 Å². The molecule has 1 amide bonds. The molecule has 0 radical (unpaired) electrons. The number of methoxy groups -OCH3 is 1. The van der Waals surface area contributed by atoms with Crippen LogP contribution in [0, 0.1) is 5.92 Å². The number of halogens is 1. The lowest BCUT2D eigenvalue weighted by Crippen LogP contribution is -2.43. The number of carbonyl (C=O) groups is 1. The van der Waals surface area contributed by atoms with Crippen LogP contribution in [0.3, 0.4) is 0 Å². The number of hydrogen-bond donors (Lipinski definition) is 0. The number of ether oxygens (including phenoxy) is 2.